The summed E-state index contributed by atoms with van der Waals surface area (Å²) in [5, 5.41) is 3.53. The highest BCUT2D eigenvalue weighted by Gasteiger charge is 2.36. The molecule has 20 heavy (non-hydrogen) atoms. The van der Waals surface area contributed by atoms with Gasteiger partial charge in [-0.15, -0.1) is 0 Å². The maximum atomic E-state index is 12.2. The fourth-order valence-corrected chi connectivity index (χ4v) is 2.58. The number of ether oxygens (including phenoxy) is 1. The topological polar surface area (TPSA) is 50.7 Å². The summed E-state index contributed by atoms with van der Waals surface area (Å²) in [4.78, 5) is 16.4. The van der Waals surface area contributed by atoms with Gasteiger partial charge in [-0.1, -0.05) is 29.8 Å². The van der Waals surface area contributed by atoms with Gasteiger partial charge in [0.25, 0.3) is 0 Å². The van der Waals surface area contributed by atoms with Crippen molar-refractivity contribution in [2.24, 2.45) is 10.9 Å². The molecule has 0 fully saturated rings. The lowest BCUT2D eigenvalue weighted by Gasteiger charge is -2.30. The fraction of sp³-hybridized carbons (Fsp3) is 0.400. The Labute approximate surface area is 124 Å². The first-order valence-corrected chi connectivity index (χ1v) is 7.02. The molecule has 0 radical (unpaired) electrons. The monoisotopic (exact) mass is 290 g/mol. The van der Waals surface area contributed by atoms with Gasteiger partial charge in [0.2, 0.25) is 0 Å². The Balaban J connectivity index is 2.37. The van der Waals surface area contributed by atoms with Crippen LogP contribution < -0.4 is 5.32 Å². The molecule has 2 unspecified atom stereocenters. The first-order chi connectivity index (χ1) is 9.52. The van der Waals surface area contributed by atoms with E-state index in [4.69, 9.17) is 17.0 Å². The minimum Gasteiger partial charge on any atom is -0.465 e. The van der Waals surface area contributed by atoms with Gasteiger partial charge in [0, 0.05) is 5.71 Å². The molecule has 0 spiro atoms. The minimum atomic E-state index is -0.440. The number of esters is 1. The zero-order chi connectivity index (χ0) is 14.7. The van der Waals surface area contributed by atoms with Crippen molar-refractivity contribution < 1.29 is 9.53 Å². The summed E-state index contributed by atoms with van der Waals surface area (Å²) in [6, 6.07) is 7.81. The second-order valence-corrected chi connectivity index (χ2v) is 5.21. The minimum absolute atomic E-state index is 0.223. The van der Waals surface area contributed by atoms with Crippen LogP contribution in [0.5, 0.6) is 0 Å². The first-order valence-electron chi connectivity index (χ1n) is 6.61. The fourth-order valence-electron chi connectivity index (χ4n) is 2.31. The number of carbonyl (C=O) groups excluding carboxylic acids is 1. The average Bonchev–Trinajstić information content (AvgIpc) is 2.38. The third-order valence-electron chi connectivity index (χ3n) is 3.32. The molecule has 0 saturated heterocycles. The van der Waals surface area contributed by atoms with Gasteiger partial charge in [0.15, 0.2) is 5.11 Å². The van der Waals surface area contributed by atoms with Crippen molar-refractivity contribution in [2.45, 2.75) is 26.8 Å². The zero-order valence-electron chi connectivity index (χ0n) is 11.8. The van der Waals surface area contributed by atoms with E-state index in [-0.39, 0.29) is 12.0 Å². The maximum absolute atomic E-state index is 12.2. The Kier molecular flexibility index (Phi) is 4.49. The molecular formula is C15H18N2O2S. The van der Waals surface area contributed by atoms with Gasteiger partial charge in [0.1, 0.15) is 5.92 Å². The summed E-state index contributed by atoms with van der Waals surface area (Å²) in [5.41, 5.74) is 2.87. The molecule has 1 heterocycles. The number of aliphatic imine (C=N–C) groups is 1. The van der Waals surface area contributed by atoms with Gasteiger partial charge in [-0.25, -0.2) is 4.99 Å². The summed E-state index contributed by atoms with van der Waals surface area (Å²) >= 11 is 5.14. The van der Waals surface area contributed by atoms with Crippen LogP contribution in [0.2, 0.25) is 0 Å². The molecule has 1 N–H and O–H groups in total. The molecule has 2 atom stereocenters. The van der Waals surface area contributed by atoms with Crippen LogP contribution in [0.3, 0.4) is 0 Å². The van der Waals surface area contributed by atoms with Crippen LogP contribution in [-0.2, 0) is 9.53 Å². The Morgan fingerprint density at radius 1 is 1.35 bits per heavy atom. The Morgan fingerprint density at radius 2 is 2.00 bits per heavy atom. The van der Waals surface area contributed by atoms with E-state index in [1.807, 2.05) is 38.1 Å². The van der Waals surface area contributed by atoms with E-state index in [2.05, 4.69) is 10.3 Å². The van der Waals surface area contributed by atoms with E-state index >= 15 is 0 Å². The second-order valence-electron chi connectivity index (χ2n) is 4.82. The Hall–Kier alpha value is -1.75. The number of thiocarbonyl (C=S) groups is 1. The molecular weight excluding hydrogens is 272 g/mol. The second kappa shape index (κ2) is 6.13. The van der Waals surface area contributed by atoms with E-state index in [0.717, 1.165) is 5.56 Å². The van der Waals surface area contributed by atoms with Gasteiger partial charge in [-0.3, -0.25) is 4.79 Å². The summed E-state index contributed by atoms with van der Waals surface area (Å²) in [6.45, 7) is 5.99. The molecule has 0 saturated carbocycles. The van der Waals surface area contributed by atoms with Crippen LogP contribution >= 0.6 is 12.2 Å². The van der Waals surface area contributed by atoms with Crippen molar-refractivity contribution in [3.05, 3.63) is 35.4 Å². The molecule has 1 aliphatic heterocycles. The summed E-state index contributed by atoms with van der Waals surface area (Å²) < 4.78 is 5.16. The van der Waals surface area contributed by atoms with Gasteiger partial charge >= 0.3 is 5.97 Å². The normalized spacial score (nSPS) is 21.9. The zero-order valence-corrected chi connectivity index (χ0v) is 12.7. The predicted octanol–water partition coefficient (Wildman–Crippen LogP) is 2.56. The van der Waals surface area contributed by atoms with Gasteiger partial charge in [-0.2, -0.15) is 0 Å². The summed E-state index contributed by atoms with van der Waals surface area (Å²) in [5.74, 6) is -0.710. The first kappa shape index (κ1) is 14.7. The smallest absolute Gasteiger partial charge is 0.317 e. The molecule has 0 amide bonds. The standard InChI is InChI=1S/C15H18N2O2S/c1-4-19-14(18)12-10(3)16-15(20)17-13(12)11-7-5-9(2)6-8-11/h5-8,12-13H,4H2,1-3H3,(H,17,20). The number of aryl methyl sites for hydroxylation is 1. The summed E-state index contributed by atoms with van der Waals surface area (Å²) in [7, 11) is 0. The largest absolute Gasteiger partial charge is 0.465 e. The highest BCUT2D eigenvalue weighted by molar-refractivity contribution is 7.80. The van der Waals surface area contributed by atoms with Crippen LogP contribution in [0.4, 0.5) is 0 Å². The van der Waals surface area contributed by atoms with Crippen LogP contribution in [0.25, 0.3) is 0 Å². The van der Waals surface area contributed by atoms with Crippen LogP contribution in [0, 0.1) is 12.8 Å². The number of carbonyl (C=O) groups is 1. The van der Waals surface area contributed by atoms with Crippen molar-refractivity contribution in [3.63, 3.8) is 0 Å². The van der Waals surface area contributed by atoms with Crippen molar-refractivity contribution >= 4 is 29.0 Å². The lowest BCUT2D eigenvalue weighted by atomic mass is 9.88. The van der Waals surface area contributed by atoms with Crippen molar-refractivity contribution in [3.8, 4) is 0 Å². The van der Waals surface area contributed by atoms with Crippen molar-refractivity contribution in [2.75, 3.05) is 6.61 Å². The van der Waals surface area contributed by atoms with E-state index in [1.165, 1.54) is 5.56 Å². The van der Waals surface area contributed by atoms with Crippen LogP contribution in [0.15, 0.2) is 29.3 Å². The molecule has 1 aliphatic rings. The van der Waals surface area contributed by atoms with E-state index in [0.29, 0.717) is 17.4 Å². The summed E-state index contributed by atoms with van der Waals surface area (Å²) in [6.07, 6.45) is 0. The number of nitrogens with one attached hydrogen (secondary N) is 1. The molecule has 0 bridgehead atoms. The van der Waals surface area contributed by atoms with E-state index in [9.17, 15) is 4.79 Å². The highest BCUT2D eigenvalue weighted by atomic mass is 32.1. The molecule has 1 aromatic carbocycles. The van der Waals surface area contributed by atoms with Crippen LogP contribution in [-0.4, -0.2) is 23.4 Å². The number of benzene rings is 1. The number of hydrogen-bond acceptors (Lipinski definition) is 3. The molecule has 5 heteroatoms. The SMILES string of the molecule is CCOC(=O)C1C(C)=NC(=S)NC1c1ccc(C)cc1. The third-order valence-corrected chi connectivity index (χ3v) is 3.53. The van der Waals surface area contributed by atoms with Crippen molar-refractivity contribution in [1.29, 1.82) is 0 Å². The third kappa shape index (κ3) is 3.04. The Morgan fingerprint density at radius 3 is 2.60 bits per heavy atom. The lowest BCUT2D eigenvalue weighted by Crippen LogP contribution is -2.44. The molecule has 1 aromatic rings. The predicted molar refractivity (Wildman–Crippen MR) is 82.9 cm³/mol. The van der Waals surface area contributed by atoms with Gasteiger partial charge < -0.3 is 10.1 Å². The van der Waals surface area contributed by atoms with Crippen molar-refractivity contribution in [1.82, 2.24) is 5.32 Å². The maximum Gasteiger partial charge on any atom is 0.317 e. The molecule has 106 valence electrons. The number of hydrogen-bond donors (Lipinski definition) is 1. The number of rotatable bonds is 3. The highest BCUT2D eigenvalue weighted by Crippen LogP contribution is 2.28. The quantitative estimate of drug-likeness (QED) is 0.686. The van der Waals surface area contributed by atoms with E-state index < -0.39 is 5.92 Å². The van der Waals surface area contributed by atoms with Crippen LogP contribution in [0.1, 0.15) is 31.0 Å². The molecule has 2 rings (SSSR count). The Bertz CT molecular complexity index is 551. The molecule has 0 aromatic heterocycles. The van der Waals surface area contributed by atoms with E-state index in [1.54, 1.807) is 6.92 Å². The molecule has 4 nitrogen and oxygen atoms in total. The average molecular weight is 290 g/mol. The lowest BCUT2D eigenvalue weighted by molar-refractivity contribution is -0.146. The van der Waals surface area contributed by atoms with Gasteiger partial charge in [0.05, 0.1) is 12.6 Å². The molecule has 0 aliphatic carbocycles. The number of nitrogens with zero attached hydrogens (tertiary/aromatic N) is 1. The van der Waals surface area contributed by atoms with Gasteiger partial charge in [-0.05, 0) is 38.6 Å².